The van der Waals surface area contributed by atoms with E-state index in [1.165, 1.54) is 23.8 Å². The van der Waals surface area contributed by atoms with Crippen LogP contribution in [0.1, 0.15) is 24.0 Å². The Balaban J connectivity index is 1.40. The molecule has 0 atom stereocenters. The predicted molar refractivity (Wildman–Crippen MR) is 115 cm³/mol. The van der Waals surface area contributed by atoms with E-state index in [0.29, 0.717) is 5.56 Å². The van der Waals surface area contributed by atoms with Crippen LogP contribution in [0.4, 0.5) is 0 Å². The largest absolute Gasteiger partial charge is 0.353 e. The molecule has 3 heterocycles. The van der Waals surface area contributed by atoms with Crippen molar-refractivity contribution in [1.29, 1.82) is 5.26 Å². The Kier molecular flexibility index (Phi) is 4.76. The summed E-state index contributed by atoms with van der Waals surface area (Å²) in [6, 6.07) is 16.4. The van der Waals surface area contributed by atoms with E-state index < -0.39 is 0 Å². The van der Waals surface area contributed by atoms with Crippen LogP contribution in [0, 0.1) is 17.2 Å². The van der Waals surface area contributed by atoms with Crippen molar-refractivity contribution in [2.75, 3.05) is 19.6 Å². The molecular formula is C23H24N6. The van der Waals surface area contributed by atoms with Gasteiger partial charge in [-0.3, -0.25) is 5.10 Å². The maximum absolute atomic E-state index is 9.10. The smallest absolute Gasteiger partial charge is 0.116 e. The number of hydrogen-bond acceptors (Lipinski definition) is 4. The molecular weight excluding hydrogens is 360 g/mol. The van der Waals surface area contributed by atoms with Crippen LogP contribution < -0.4 is 10.6 Å². The van der Waals surface area contributed by atoms with Crippen LogP contribution in [0.3, 0.4) is 0 Å². The summed E-state index contributed by atoms with van der Waals surface area (Å²) in [6.07, 6.45) is 2.51. The summed E-state index contributed by atoms with van der Waals surface area (Å²) in [5.74, 6) is 0.769. The van der Waals surface area contributed by atoms with Gasteiger partial charge in [-0.2, -0.15) is 10.4 Å². The van der Waals surface area contributed by atoms with Gasteiger partial charge in [-0.05, 0) is 74.3 Å². The topological polar surface area (TPSA) is 92.3 Å². The summed E-state index contributed by atoms with van der Waals surface area (Å²) in [6.45, 7) is 4.21. The van der Waals surface area contributed by atoms with E-state index in [4.69, 9.17) is 5.26 Å². The standard InChI is InChI=1S/C23H24N6/c24-12-16-4-5-18-21(10-16)28-29-23(18)22-11-19-17(2-1-3-20(19)27-22)14-26-13-15-6-8-25-9-7-15/h1-5,10-11,15,25-27H,6-9,13-14H2,(H,28,29). The molecule has 1 fully saturated rings. The van der Waals surface area contributed by atoms with Crippen LogP contribution in [0.2, 0.25) is 0 Å². The first kappa shape index (κ1) is 17.9. The Labute approximate surface area is 169 Å². The predicted octanol–water partition coefficient (Wildman–Crippen LogP) is 3.67. The van der Waals surface area contributed by atoms with Crippen LogP contribution in [0.25, 0.3) is 33.2 Å². The van der Waals surface area contributed by atoms with Crippen molar-refractivity contribution in [3.8, 4) is 17.5 Å². The number of piperidine rings is 1. The minimum atomic E-state index is 0.631. The second kappa shape index (κ2) is 7.70. The van der Waals surface area contributed by atoms with Crippen LogP contribution in [0.5, 0.6) is 0 Å². The third-order valence-corrected chi connectivity index (χ3v) is 5.91. The molecule has 0 aliphatic carbocycles. The van der Waals surface area contributed by atoms with Gasteiger partial charge >= 0.3 is 0 Å². The summed E-state index contributed by atoms with van der Waals surface area (Å²) in [4.78, 5) is 3.52. The van der Waals surface area contributed by atoms with Gasteiger partial charge in [0, 0.05) is 22.8 Å². The lowest BCUT2D eigenvalue weighted by atomic mass is 9.98. The number of benzene rings is 2. The molecule has 5 rings (SSSR count). The fourth-order valence-electron chi connectivity index (χ4n) is 4.29. The summed E-state index contributed by atoms with van der Waals surface area (Å²) < 4.78 is 0. The van der Waals surface area contributed by atoms with Crippen LogP contribution in [-0.4, -0.2) is 34.8 Å². The number of nitriles is 1. The fourth-order valence-corrected chi connectivity index (χ4v) is 4.29. The maximum Gasteiger partial charge on any atom is 0.116 e. The number of fused-ring (bicyclic) bond motifs is 2. The molecule has 0 amide bonds. The summed E-state index contributed by atoms with van der Waals surface area (Å²) in [7, 11) is 0. The zero-order valence-corrected chi connectivity index (χ0v) is 16.3. The number of rotatable bonds is 5. The van der Waals surface area contributed by atoms with Gasteiger partial charge in [-0.1, -0.05) is 12.1 Å². The molecule has 6 nitrogen and oxygen atoms in total. The van der Waals surface area contributed by atoms with E-state index >= 15 is 0 Å². The van der Waals surface area contributed by atoms with Crippen molar-refractivity contribution < 1.29 is 0 Å². The number of nitrogens with one attached hydrogen (secondary N) is 4. The van der Waals surface area contributed by atoms with E-state index in [9.17, 15) is 0 Å². The second-order valence-electron chi connectivity index (χ2n) is 7.83. The maximum atomic E-state index is 9.10. The molecule has 0 saturated carbocycles. The summed E-state index contributed by atoms with van der Waals surface area (Å²) in [5, 5.41) is 26.0. The molecule has 2 aromatic heterocycles. The molecule has 0 unspecified atom stereocenters. The molecule has 1 saturated heterocycles. The zero-order chi connectivity index (χ0) is 19.6. The van der Waals surface area contributed by atoms with Crippen molar-refractivity contribution in [3.63, 3.8) is 0 Å². The Morgan fingerprint density at radius 1 is 1.07 bits per heavy atom. The van der Waals surface area contributed by atoms with E-state index in [1.54, 1.807) is 0 Å². The lowest BCUT2D eigenvalue weighted by molar-refractivity contribution is 0.356. The van der Waals surface area contributed by atoms with Crippen LogP contribution in [-0.2, 0) is 6.54 Å². The zero-order valence-electron chi connectivity index (χ0n) is 16.3. The number of nitrogens with zero attached hydrogens (tertiary/aromatic N) is 2. The Bertz CT molecular complexity index is 1190. The van der Waals surface area contributed by atoms with Gasteiger partial charge in [-0.15, -0.1) is 0 Å². The van der Waals surface area contributed by atoms with Crippen molar-refractivity contribution in [2.24, 2.45) is 5.92 Å². The van der Waals surface area contributed by atoms with Gasteiger partial charge in [0.15, 0.2) is 0 Å². The molecule has 0 spiro atoms. The average molecular weight is 384 g/mol. The first-order valence-corrected chi connectivity index (χ1v) is 10.2. The monoisotopic (exact) mass is 384 g/mol. The minimum absolute atomic E-state index is 0.631. The summed E-state index contributed by atoms with van der Waals surface area (Å²) in [5.41, 5.74) is 5.79. The molecule has 146 valence electrons. The molecule has 4 aromatic rings. The van der Waals surface area contributed by atoms with Crippen molar-refractivity contribution in [3.05, 3.63) is 53.6 Å². The normalized spacial score (nSPS) is 15.1. The highest BCUT2D eigenvalue weighted by Gasteiger charge is 2.14. The quantitative estimate of drug-likeness (QED) is 0.422. The fraction of sp³-hybridized carbons (Fsp3) is 0.304. The molecule has 6 heteroatoms. The molecule has 1 aliphatic rings. The van der Waals surface area contributed by atoms with E-state index in [-0.39, 0.29) is 0 Å². The first-order valence-electron chi connectivity index (χ1n) is 10.2. The lowest BCUT2D eigenvalue weighted by Gasteiger charge is -2.22. The Hall–Kier alpha value is -3.14. The number of hydrogen-bond donors (Lipinski definition) is 4. The van der Waals surface area contributed by atoms with Gasteiger partial charge in [0.25, 0.3) is 0 Å². The van der Waals surface area contributed by atoms with Crippen molar-refractivity contribution >= 4 is 21.8 Å². The Morgan fingerprint density at radius 2 is 1.97 bits per heavy atom. The van der Waals surface area contributed by atoms with Gasteiger partial charge in [0.1, 0.15) is 5.69 Å². The average Bonchev–Trinajstić information content (AvgIpc) is 3.38. The molecule has 0 radical (unpaired) electrons. The number of H-pyrrole nitrogens is 2. The minimum Gasteiger partial charge on any atom is -0.353 e. The van der Waals surface area contributed by atoms with Crippen LogP contribution in [0.15, 0.2) is 42.5 Å². The number of aromatic amines is 2. The van der Waals surface area contributed by atoms with Gasteiger partial charge in [0.2, 0.25) is 0 Å². The highest BCUT2D eigenvalue weighted by Crippen LogP contribution is 2.30. The highest BCUT2D eigenvalue weighted by atomic mass is 15.1. The van der Waals surface area contributed by atoms with E-state index in [2.05, 4.69) is 56.1 Å². The number of aromatic nitrogens is 3. The molecule has 0 bridgehead atoms. The van der Waals surface area contributed by atoms with Gasteiger partial charge in [0.05, 0.1) is 22.8 Å². The van der Waals surface area contributed by atoms with E-state index in [0.717, 1.165) is 59.9 Å². The highest BCUT2D eigenvalue weighted by molar-refractivity contribution is 5.96. The van der Waals surface area contributed by atoms with Crippen molar-refractivity contribution in [1.82, 2.24) is 25.8 Å². The van der Waals surface area contributed by atoms with Crippen molar-refractivity contribution in [2.45, 2.75) is 19.4 Å². The third-order valence-electron chi connectivity index (χ3n) is 5.91. The van der Waals surface area contributed by atoms with Gasteiger partial charge < -0.3 is 15.6 Å². The molecule has 1 aliphatic heterocycles. The first-order chi connectivity index (χ1) is 14.3. The molecule has 29 heavy (non-hydrogen) atoms. The van der Waals surface area contributed by atoms with E-state index in [1.807, 2.05) is 18.2 Å². The Morgan fingerprint density at radius 3 is 2.83 bits per heavy atom. The van der Waals surface area contributed by atoms with Crippen LogP contribution >= 0.6 is 0 Å². The third kappa shape index (κ3) is 3.51. The molecule has 4 N–H and O–H groups in total. The SMILES string of the molecule is N#Cc1ccc2c(-c3cc4c(CNCC5CCNCC5)cccc4[nH]3)n[nH]c2c1. The second-order valence-corrected chi connectivity index (χ2v) is 7.83. The molecule has 2 aromatic carbocycles. The van der Waals surface area contributed by atoms with Gasteiger partial charge in [-0.25, -0.2) is 0 Å². The lowest BCUT2D eigenvalue weighted by Crippen LogP contribution is -2.33. The summed E-state index contributed by atoms with van der Waals surface area (Å²) >= 11 is 0.